The molecule has 3 heterocycles. The van der Waals surface area contributed by atoms with E-state index in [9.17, 15) is 4.39 Å². The molecule has 36 heavy (non-hydrogen) atoms. The molecule has 6 nitrogen and oxygen atoms in total. The van der Waals surface area contributed by atoms with Crippen LogP contribution in [0.4, 0.5) is 4.39 Å². The van der Waals surface area contributed by atoms with Crippen molar-refractivity contribution in [2.45, 2.75) is 44.4 Å². The van der Waals surface area contributed by atoms with Crippen LogP contribution in [-0.2, 0) is 6.42 Å². The molecule has 0 N–H and O–H groups in total. The predicted molar refractivity (Wildman–Crippen MR) is 143 cm³/mol. The largest absolute Gasteiger partial charge is 0.494 e. The summed E-state index contributed by atoms with van der Waals surface area (Å²) in [5.41, 5.74) is 6.03. The van der Waals surface area contributed by atoms with Crippen molar-refractivity contribution in [2.24, 2.45) is 0 Å². The molecule has 5 rings (SSSR count). The van der Waals surface area contributed by atoms with Gasteiger partial charge in [-0.05, 0) is 94.9 Å². The number of hydrogen-bond acceptors (Lipinski definition) is 6. The van der Waals surface area contributed by atoms with Crippen LogP contribution in [0.25, 0.3) is 22.2 Å². The average Bonchev–Trinajstić information content (AvgIpc) is 3.41. The molecule has 1 atom stereocenters. The zero-order chi connectivity index (χ0) is 25.4. The molecule has 2 aromatic heterocycles. The molecule has 190 valence electrons. The molecule has 0 amide bonds. The maximum atomic E-state index is 14.5. The highest BCUT2D eigenvalue weighted by molar-refractivity contribution is 7.98. The Morgan fingerprint density at radius 1 is 1.17 bits per heavy atom. The van der Waals surface area contributed by atoms with Gasteiger partial charge in [-0.15, -0.1) is 0 Å². The predicted octanol–water partition coefficient (Wildman–Crippen LogP) is 6.37. The van der Waals surface area contributed by atoms with E-state index in [4.69, 9.17) is 14.2 Å². The van der Waals surface area contributed by atoms with E-state index in [1.807, 2.05) is 19.9 Å². The summed E-state index contributed by atoms with van der Waals surface area (Å²) in [4.78, 5) is 7.61. The maximum Gasteiger partial charge on any atom is 0.165 e. The number of benzene rings is 2. The number of thioether (sulfide) groups is 1. The minimum Gasteiger partial charge on any atom is -0.494 e. The summed E-state index contributed by atoms with van der Waals surface area (Å²) in [5, 5.41) is 4.23. The first kappa shape index (κ1) is 24.8. The summed E-state index contributed by atoms with van der Waals surface area (Å²) >= 11 is 1.76. The molecular weight excluding hydrogens is 475 g/mol. The van der Waals surface area contributed by atoms with Gasteiger partial charge in [0.05, 0.1) is 29.1 Å². The monoisotopic (exact) mass is 508 g/mol. The lowest BCUT2D eigenvalue weighted by Gasteiger charge is -2.32. The number of hydrogen-bond donors (Lipinski definition) is 0. The van der Waals surface area contributed by atoms with Crippen molar-refractivity contribution in [1.82, 2.24) is 19.6 Å². The Morgan fingerprint density at radius 2 is 1.94 bits per heavy atom. The molecule has 0 spiro atoms. The van der Waals surface area contributed by atoms with Crippen LogP contribution >= 0.6 is 11.8 Å². The number of piperidine rings is 1. The van der Waals surface area contributed by atoms with Crippen LogP contribution in [-0.4, -0.2) is 53.1 Å². The van der Waals surface area contributed by atoms with E-state index < -0.39 is 0 Å². The average molecular weight is 509 g/mol. The van der Waals surface area contributed by atoms with Crippen LogP contribution in [0.5, 0.6) is 5.75 Å². The molecule has 2 aromatic carbocycles. The van der Waals surface area contributed by atoms with Gasteiger partial charge in [-0.25, -0.2) is 9.37 Å². The van der Waals surface area contributed by atoms with Gasteiger partial charge in [0.15, 0.2) is 11.6 Å². The third kappa shape index (κ3) is 4.64. The number of fused-ring (bicyclic) bond motifs is 1. The molecular formula is C28H33FN4O2S. The van der Waals surface area contributed by atoms with Crippen molar-refractivity contribution in [2.75, 3.05) is 33.5 Å². The minimum absolute atomic E-state index is 0.0902. The number of aromatic nitrogens is 3. The number of likely N-dealkylation sites (tertiary alicyclic amines) is 1. The van der Waals surface area contributed by atoms with Crippen molar-refractivity contribution in [1.29, 1.82) is 0 Å². The molecule has 0 aliphatic carbocycles. The number of nitrogens with zero attached hydrogens (tertiary/aromatic N) is 4. The van der Waals surface area contributed by atoms with Crippen LogP contribution in [0, 0.1) is 19.7 Å². The highest BCUT2D eigenvalue weighted by Gasteiger charge is 2.28. The Bertz CT molecular complexity index is 1350. The van der Waals surface area contributed by atoms with Gasteiger partial charge in [0.2, 0.25) is 0 Å². The van der Waals surface area contributed by atoms with E-state index in [0.29, 0.717) is 12.5 Å². The van der Waals surface area contributed by atoms with E-state index in [-0.39, 0.29) is 16.8 Å². The number of imidazole rings is 1. The van der Waals surface area contributed by atoms with Gasteiger partial charge in [-0.3, -0.25) is 0 Å². The Morgan fingerprint density at radius 3 is 2.58 bits per heavy atom. The van der Waals surface area contributed by atoms with E-state index in [1.54, 1.807) is 23.9 Å². The van der Waals surface area contributed by atoms with E-state index in [0.717, 1.165) is 70.9 Å². The van der Waals surface area contributed by atoms with Gasteiger partial charge in [0.1, 0.15) is 11.6 Å². The first-order valence-electron chi connectivity index (χ1n) is 12.4. The molecule has 1 fully saturated rings. The van der Waals surface area contributed by atoms with E-state index >= 15 is 0 Å². The number of ether oxygens (including phenoxy) is 1. The standard InChI is InChI=1S/C28H33FN4O2S/c1-17-27(18(2)35-31-17)20-7-8-24-23(16-20)30-28(33(24)21-10-12-32(3)13-11-21)26(36-5)15-19-6-9-25(34-4)22(29)14-19/h6-9,14,16,21,26H,10-13,15H2,1-5H3. The maximum absolute atomic E-state index is 14.5. The first-order valence-corrected chi connectivity index (χ1v) is 13.7. The van der Waals surface area contributed by atoms with Crippen molar-refractivity contribution in [3.63, 3.8) is 0 Å². The SMILES string of the molecule is COc1ccc(CC(SC)c2nc3cc(-c4c(C)noc4C)ccc3n2C2CCN(C)CC2)cc1F. The summed E-state index contributed by atoms with van der Waals surface area (Å²) in [6.07, 6.45) is 4.96. The lowest BCUT2D eigenvalue weighted by atomic mass is 10.0. The molecule has 0 radical (unpaired) electrons. The van der Waals surface area contributed by atoms with Crippen molar-refractivity contribution < 1.29 is 13.7 Å². The summed E-state index contributed by atoms with van der Waals surface area (Å²) in [6.45, 7) is 6.04. The molecule has 0 bridgehead atoms. The number of aryl methyl sites for hydroxylation is 2. The second kappa shape index (κ2) is 10.3. The Labute approximate surface area is 215 Å². The molecule has 4 aromatic rings. The molecule has 1 aliphatic heterocycles. The molecule has 8 heteroatoms. The summed E-state index contributed by atoms with van der Waals surface area (Å²) in [7, 11) is 3.67. The zero-order valence-corrected chi connectivity index (χ0v) is 22.4. The Hall–Kier alpha value is -2.84. The third-order valence-electron chi connectivity index (χ3n) is 7.30. The van der Waals surface area contributed by atoms with Crippen LogP contribution in [0.15, 0.2) is 40.9 Å². The highest BCUT2D eigenvalue weighted by Crippen LogP contribution is 2.39. The Balaban J connectivity index is 1.59. The van der Waals surface area contributed by atoms with Crippen molar-refractivity contribution in [3.8, 4) is 16.9 Å². The third-order valence-corrected chi connectivity index (χ3v) is 8.25. The fourth-order valence-electron chi connectivity index (χ4n) is 5.36. The smallest absolute Gasteiger partial charge is 0.165 e. The molecule has 0 saturated carbocycles. The van der Waals surface area contributed by atoms with Crippen molar-refractivity contribution in [3.05, 3.63) is 65.1 Å². The minimum atomic E-state index is -0.331. The van der Waals surface area contributed by atoms with E-state index in [2.05, 4.69) is 46.1 Å². The second-order valence-corrected chi connectivity index (χ2v) is 10.7. The van der Waals surface area contributed by atoms with Gasteiger partial charge in [0.25, 0.3) is 0 Å². The Kier molecular flexibility index (Phi) is 7.08. The van der Waals surface area contributed by atoms with Gasteiger partial charge < -0.3 is 18.7 Å². The quantitative estimate of drug-likeness (QED) is 0.289. The second-order valence-electron chi connectivity index (χ2n) is 9.67. The van der Waals surface area contributed by atoms with Crippen LogP contribution in [0.3, 0.4) is 0 Å². The summed E-state index contributed by atoms with van der Waals surface area (Å²) in [6, 6.07) is 12.1. The lowest BCUT2D eigenvalue weighted by Crippen LogP contribution is -2.32. The molecule has 1 aliphatic rings. The van der Waals surface area contributed by atoms with Gasteiger partial charge in [-0.1, -0.05) is 17.3 Å². The normalized spacial score (nSPS) is 16.1. The van der Waals surface area contributed by atoms with Gasteiger partial charge >= 0.3 is 0 Å². The van der Waals surface area contributed by atoms with E-state index in [1.165, 1.54) is 7.11 Å². The number of rotatable bonds is 7. The van der Waals surface area contributed by atoms with Crippen molar-refractivity contribution >= 4 is 22.8 Å². The summed E-state index contributed by atoms with van der Waals surface area (Å²) in [5.74, 6) is 1.80. The summed E-state index contributed by atoms with van der Waals surface area (Å²) < 4.78 is 27.4. The van der Waals surface area contributed by atoms with Crippen LogP contribution in [0.2, 0.25) is 0 Å². The topological polar surface area (TPSA) is 56.3 Å². The lowest BCUT2D eigenvalue weighted by molar-refractivity contribution is 0.221. The van der Waals surface area contributed by atoms with Gasteiger partial charge in [-0.2, -0.15) is 11.8 Å². The number of methoxy groups -OCH3 is 1. The number of halogens is 1. The molecule has 1 saturated heterocycles. The fourth-order valence-corrected chi connectivity index (χ4v) is 6.10. The fraction of sp³-hybridized carbons (Fsp3) is 0.429. The van der Waals surface area contributed by atoms with Crippen LogP contribution in [0.1, 0.15) is 47.0 Å². The zero-order valence-electron chi connectivity index (χ0n) is 21.5. The van der Waals surface area contributed by atoms with Crippen LogP contribution < -0.4 is 4.74 Å². The van der Waals surface area contributed by atoms with Gasteiger partial charge in [0, 0.05) is 11.6 Å². The first-order chi connectivity index (χ1) is 17.4. The molecule has 1 unspecified atom stereocenters. The highest BCUT2D eigenvalue weighted by atomic mass is 32.2.